The van der Waals surface area contributed by atoms with Crippen LogP contribution in [-0.4, -0.2) is 40.3 Å². The first-order chi connectivity index (χ1) is 7.84. The molecule has 0 bridgehead atoms. The summed E-state index contributed by atoms with van der Waals surface area (Å²) in [5.41, 5.74) is -0.0736. The van der Waals surface area contributed by atoms with E-state index >= 15 is 0 Å². The van der Waals surface area contributed by atoms with Gasteiger partial charge in [0.15, 0.2) is 5.16 Å². The maximum Gasteiger partial charge on any atom is 0.251 e. The molecule has 0 atom stereocenters. The van der Waals surface area contributed by atoms with E-state index in [9.17, 15) is 4.79 Å². The predicted octanol–water partition coefficient (Wildman–Crippen LogP) is 1.35. The van der Waals surface area contributed by atoms with Crippen molar-refractivity contribution >= 4 is 11.8 Å². The first-order valence-corrected chi connectivity index (χ1v) is 6.74. The van der Waals surface area contributed by atoms with E-state index < -0.39 is 0 Å². The molecule has 1 saturated heterocycles. The number of hydrogen-bond acceptors (Lipinski definition) is 4. The van der Waals surface area contributed by atoms with E-state index in [1.165, 1.54) is 38.4 Å². The Hall–Kier alpha value is -0.810. The van der Waals surface area contributed by atoms with E-state index in [1.807, 2.05) is 0 Å². The fourth-order valence-corrected chi connectivity index (χ4v) is 2.73. The predicted molar refractivity (Wildman–Crippen MR) is 65.9 cm³/mol. The van der Waals surface area contributed by atoms with Gasteiger partial charge in [0.1, 0.15) is 0 Å². The molecule has 1 aliphatic rings. The number of hydrogen-bond donors (Lipinski definition) is 1. The Morgan fingerprint density at radius 2 is 2.19 bits per heavy atom. The second-order valence-electron chi connectivity index (χ2n) is 3.99. The fraction of sp³-hybridized carbons (Fsp3) is 0.636. The van der Waals surface area contributed by atoms with Crippen LogP contribution in [0.4, 0.5) is 0 Å². The first-order valence-electron chi connectivity index (χ1n) is 5.75. The number of thioether (sulfide) groups is 1. The summed E-state index contributed by atoms with van der Waals surface area (Å²) in [4.78, 5) is 20.4. The van der Waals surface area contributed by atoms with Gasteiger partial charge in [0.25, 0.3) is 5.56 Å². The fourth-order valence-electron chi connectivity index (χ4n) is 1.88. The van der Waals surface area contributed by atoms with Gasteiger partial charge in [-0.1, -0.05) is 18.2 Å². The molecule has 4 nitrogen and oxygen atoms in total. The van der Waals surface area contributed by atoms with Crippen molar-refractivity contribution in [2.75, 3.05) is 25.4 Å². The lowest BCUT2D eigenvalue weighted by Crippen LogP contribution is -2.31. The zero-order valence-corrected chi connectivity index (χ0v) is 10.1. The van der Waals surface area contributed by atoms with Crippen LogP contribution in [-0.2, 0) is 0 Å². The van der Waals surface area contributed by atoms with Crippen LogP contribution in [0.2, 0.25) is 0 Å². The Morgan fingerprint density at radius 1 is 1.38 bits per heavy atom. The van der Waals surface area contributed by atoms with Gasteiger partial charge in [-0.15, -0.1) is 0 Å². The molecule has 1 aliphatic heterocycles. The van der Waals surface area contributed by atoms with Gasteiger partial charge in [-0.05, 0) is 25.9 Å². The second-order valence-corrected chi connectivity index (χ2v) is 5.07. The zero-order chi connectivity index (χ0) is 11.2. The van der Waals surface area contributed by atoms with Crippen molar-refractivity contribution in [3.63, 3.8) is 0 Å². The van der Waals surface area contributed by atoms with Crippen LogP contribution >= 0.6 is 11.8 Å². The Balaban J connectivity index is 1.73. The molecule has 0 saturated carbocycles. The van der Waals surface area contributed by atoms with E-state index in [0.29, 0.717) is 0 Å². The van der Waals surface area contributed by atoms with Crippen LogP contribution < -0.4 is 5.56 Å². The van der Waals surface area contributed by atoms with E-state index in [4.69, 9.17) is 0 Å². The standard InChI is InChI=1S/C11H17N3OS/c15-10-4-5-12-11(13-10)16-9-8-14-6-2-1-3-7-14/h4-5H,1-3,6-9H2,(H,12,13,15). The molecule has 0 aliphatic carbocycles. The highest BCUT2D eigenvalue weighted by Gasteiger charge is 2.09. The highest BCUT2D eigenvalue weighted by atomic mass is 32.2. The van der Waals surface area contributed by atoms with E-state index in [0.717, 1.165) is 17.5 Å². The zero-order valence-electron chi connectivity index (χ0n) is 9.32. The number of nitrogens with zero attached hydrogens (tertiary/aromatic N) is 2. The number of H-pyrrole nitrogens is 1. The van der Waals surface area contributed by atoms with Crippen LogP contribution in [0.25, 0.3) is 0 Å². The monoisotopic (exact) mass is 239 g/mol. The van der Waals surface area contributed by atoms with E-state index in [2.05, 4.69) is 14.9 Å². The second kappa shape index (κ2) is 6.06. The van der Waals surface area contributed by atoms with Gasteiger partial charge in [-0.3, -0.25) is 4.79 Å². The van der Waals surface area contributed by atoms with Crippen molar-refractivity contribution < 1.29 is 0 Å². The van der Waals surface area contributed by atoms with Gasteiger partial charge in [0.05, 0.1) is 0 Å². The summed E-state index contributed by atoms with van der Waals surface area (Å²) >= 11 is 1.62. The lowest BCUT2D eigenvalue weighted by molar-refractivity contribution is 0.242. The molecule has 0 aromatic carbocycles. The summed E-state index contributed by atoms with van der Waals surface area (Å²) in [6, 6.07) is 1.44. The van der Waals surface area contributed by atoms with Crippen molar-refractivity contribution in [1.29, 1.82) is 0 Å². The summed E-state index contributed by atoms with van der Waals surface area (Å²) in [6.07, 6.45) is 5.58. The van der Waals surface area contributed by atoms with Gasteiger partial charge in [0, 0.05) is 24.6 Å². The molecule has 16 heavy (non-hydrogen) atoms. The molecule has 1 aromatic heterocycles. The first kappa shape index (κ1) is 11.7. The third kappa shape index (κ3) is 3.64. The summed E-state index contributed by atoms with van der Waals surface area (Å²) in [5.74, 6) is 0.993. The highest BCUT2D eigenvalue weighted by molar-refractivity contribution is 7.99. The lowest BCUT2D eigenvalue weighted by atomic mass is 10.1. The van der Waals surface area contributed by atoms with Crippen LogP contribution in [0.3, 0.4) is 0 Å². The van der Waals surface area contributed by atoms with Gasteiger partial charge < -0.3 is 9.88 Å². The van der Waals surface area contributed by atoms with E-state index in [-0.39, 0.29) is 5.56 Å². The molecule has 0 amide bonds. The number of aromatic amines is 1. The Kier molecular flexibility index (Phi) is 4.42. The van der Waals surface area contributed by atoms with E-state index in [1.54, 1.807) is 18.0 Å². The van der Waals surface area contributed by atoms with Crippen LogP contribution in [0.1, 0.15) is 19.3 Å². The normalized spacial score (nSPS) is 17.5. The minimum Gasteiger partial charge on any atom is -0.303 e. The topological polar surface area (TPSA) is 49.0 Å². The molecule has 2 heterocycles. The average molecular weight is 239 g/mol. The summed E-state index contributed by atoms with van der Waals surface area (Å²) in [5, 5.41) is 0.726. The minimum atomic E-state index is -0.0736. The summed E-state index contributed by atoms with van der Waals surface area (Å²) in [6.45, 7) is 3.53. The number of rotatable bonds is 4. The molecule has 0 radical (unpaired) electrons. The molecule has 1 fully saturated rings. The number of nitrogens with one attached hydrogen (secondary N) is 1. The van der Waals surface area contributed by atoms with Gasteiger partial charge in [-0.25, -0.2) is 4.98 Å². The molecule has 2 rings (SSSR count). The third-order valence-electron chi connectivity index (χ3n) is 2.74. The van der Waals surface area contributed by atoms with Crippen molar-refractivity contribution in [2.24, 2.45) is 0 Å². The summed E-state index contributed by atoms with van der Waals surface area (Å²) in [7, 11) is 0. The molecule has 5 heteroatoms. The SMILES string of the molecule is O=c1ccnc(SCCN2CCCCC2)[nH]1. The van der Waals surface area contributed by atoms with Crippen LogP contribution in [0.5, 0.6) is 0 Å². The molecule has 0 spiro atoms. The van der Waals surface area contributed by atoms with Crippen LogP contribution in [0, 0.1) is 0 Å². The van der Waals surface area contributed by atoms with Crippen LogP contribution in [0.15, 0.2) is 22.2 Å². The quantitative estimate of drug-likeness (QED) is 0.636. The highest BCUT2D eigenvalue weighted by Crippen LogP contribution is 2.13. The largest absolute Gasteiger partial charge is 0.303 e. The minimum absolute atomic E-state index is 0.0736. The maximum absolute atomic E-state index is 11.0. The molecule has 0 unspecified atom stereocenters. The van der Waals surface area contributed by atoms with Gasteiger partial charge in [-0.2, -0.15) is 0 Å². The third-order valence-corrected chi connectivity index (χ3v) is 3.61. The summed E-state index contributed by atoms with van der Waals surface area (Å²) < 4.78 is 0. The number of aromatic nitrogens is 2. The van der Waals surface area contributed by atoms with Crippen molar-refractivity contribution in [3.8, 4) is 0 Å². The molecule has 1 N–H and O–H groups in total. The molecule has 88 valence electrons. The van der Waals surface area contributed by atoms with Gasteiger partial charge in [0.2, 0.25) is 0 Å². The molecular formula is C11H17N3OS. The number of piperidine rings is 1. The van der Waals surface area contributed by atoms with Gasteiger partial charge >= 0.3 is 0 Å². The van der Waals surface area contributed by atoms with Crippen molar-refractivity contribution in [2.45, 2.75) is 24.4 Å². The Labute approximate surface area is 99.5 Å². The van der Waals surface area contributed by atoms with Crippen molar-refractivity contribution in [1.82, 2.24) is 14.9 Å². The van der Waals surface area contributed by atoms with Crippen molar-refractivity contribution in [3.05, 3.63) is 22.6 Å². The Morgan fingerprint density at radius 3 is 2.94 bits per heavy atom. The lowest BCUT2D eigenvalue weighted by Gasteiger charge is -2.25. The Bertz CT molecular complexity index is 373. The smallest absolute Gasteiger partial charge is 0.251 e. The number of likely N-dealkylation sites (tertiary alicyclic amines) is 1. The molecule has 1 aromatic rings. The average Bonchev–Trinajstić information content (AvgIpc) is 2.30. The maximum atomic E-state index is 11.0. The molecular weight excluding hydrogens is 222 g/mol.